The van der Waals surface area contributed by atoms with Gasteiger partial charge in [-0.15, -0.1) is 0 Å². The fourth-order valence-electron chi connectivity index (χ4n) is 4.24. The molecule has 0 bridgehead atoms. The Morgan fingerprint density at radius 2 is 1.68 bits per heavy atom. The summed E-state index contributed by atoms with van der Waals surface area (Å²) in [5.74, 6) is 0.268. The number of benzene rings is 1. The van der Waals surface area contributed by atoms with E-state index >= 15 is 0 Å². The summed E-state index contributed by atoms with van der Waals surface area (Å²) in [7, 11) is 0. The van der Waals surface area contributed by atoms with Gasteiger partial charge in [0.25, 0.3) is 0 Å². The summed E-state index contributed by atoms with van der Waals surface area (Å²) in [5, 5.41) is 0. The summed E-state index contributed by atoms with van der Waals surface area (Å²) in [4.78, 5) is 29.2. The highest BCUT2D eigenvalue weighted by Gasteiger charge is 2.33. The lowest BCUT2D eigenvalue weighted by Crippen LogP contribution is -2.51. The minimum atomic E-state index is 0.0184. The van der Waals surface area contributed by atoms with Gasteiger partial charge < -0.3 is 14.5 Å². The van der Waals surface area contributed by atoms with Gasteiger partial charge in [0, 0.05) is 38.2 Å². The van der Waals surface area contributed by atoms with Crippen LogP contribution in [0.15, 0.2) is 24.3 Å². The monoisotopic (exact) mass is 384 g/mol. The van der Waals surface area contributed by atoms with E-state index in [-0.39, 0.29) is 29.9 Å². The van der Waals surface area contributed by atoms with Gasteiger partial charge in [-0.25, -0.2) is 0 Å². The van der Waals surface area contributed by atoms with E-state index in [1.807, 2.05) is 35.8 Å². The third-order valence-corrected chi connectivity index (χ3v) is 5.72. The van der Waals surface area contributed by atoms with Crippen molar-refractivity contribution in [3.8, 4) is 0 Å². The number of likely N-dealkylation sites (tertiary alicyclic amines) is 1. The summed E-state index contributed by atoms with van der Waals surface area (Å²) in [6.45, 7) is 10.8. The van der Waals surface area contributed by atoms with Crippen LogP contribution >= 0.6 is 0 Å². The van der Waals surface area contributed by atoms with Crippen LogP contribution in [-0.4, -0.2) is 60.0 Å². The molecule has 2 aliphatic heterocycles. The quantitative estimate of drug-likeness (QED) is 0.752. The van der Waals surface area contributed by atoms with Crippen LogP contribution < -0.4 is 0 Å². The van der Waals surface area contributed by atoms with E-state index in [9.17, 15) is 9.59 Å². The zero-order chi connectivity index (χ0) is 20.3. The van der Waals surface area contributed by atoms with Crippen LogP contribution in [0.25, 0.3) is 6.08 Å². The van der Waals surface area contributed by atoms with Gasteiger partial charge >= 0.3 is 0 Å². The molecule has 0 radical (unpaired) electrons. The van der Waals surface area contributed by atoms with E-state index in [1.165, 1.54) is 11.1 Å². The number of nitrogens with zero attached hydrogens (tertiary/aromatic N) is 2. The average Bonchev–Trinajstić information content (AvgIpc) is 2.66. The van der Waals surface area contributed by atoms with Crippen molar-refractivity contribution in [3.05, 3.63) is 41.0 Å². The van der Waals surface area contributed by atoms with Crippen molar-refractivity contribution in [2.45, 2.75) is 52.7 Å². The molecule has 5 nitrogen and oxygen atoms in total. The van der Waals surface area contributed by atoms with Crippen molar-refractivity contribution in [2.24, 2.45) is 5.92 Å². The molecule has 1 aromatic rings. The third-order valence-electron chi connectivity index (χ3n) is 5.72. The normalized spacial score (nSPS) is 24.0. The van der Waals surface area contributed by atoms with Gasteiger partial charge in [-0.1, -0.05) is 23.8 Å². The van der Waals surface area contributed by atoms with Crippen molar-refractivity contribution < 1.29 is 14.3 Å². The molecule has 2 heterocycles. The van der Waals surface area contributed by atoms with Crippen molar-refractivity contribution in [2.75, 3.05) is 26.2 Å². The molecular weight excluding hydrogens is 352 g/mol. The number of morpholine rings is 1. The molecule has 0 aromatic heterocycles. The highest BCUT2D eigenvalue weighted by Crippen LogP contribution is 2.22. The number of hydrogen-bond donors (Lipinski definition) is 0. The molecule has 0 aliphatic carbocycles. The summed E-state index contributed by atoms with van der Waals surface area (Å²) < 4.78 is 5.73. The first kappa shape index (κ1) is 20.6. The second kappa shape index (κ2) is 8.91. The van der Waals surface area contributed by atoms with Crippen LogP contribution in [0.4, 0.5) is 0 Å². The van der Waals surface area contributed by atoms with Crippen LogP contribution in [0.3, 0.4) is 0 Å². The zero-order valence-corrected chi connectivity index (χ0v) is 17.5. The molecule has 2 fully saturated rings. The molecule has 28 heavy (non-hydrogen) atoms. The smallest absolute Gasteiger partial charge is 0.246 e. The van der Waals surface area contributed by atoms with Gasteiger partial charge in [0.05, 0.1) is 12.2 Å². The number of piperidine rings is 1. The number of hydrogen-bond acceptors (Lipinski definition) is 3. The SMILES string of the molecule is Cc1ccc(C=CC(=O)N2CCC(C(=O)N3CC(C)OC(C)C3)CC2)c(C)c1. The number of ether oxygens (including phenoxy) is 1. The lowest BCUT2D eigenvalue weighted by Gasteiger charge is -2.39. The molecule has 2 unspecified atom stereocenters. The van der Waals surface area contributed by atoms with Crippen LogP contribution in [0.5, 0.6) is 0 Å². The second-order valence-electron chi connectivity index (χ2n) is 8.29. The molecule has 0 saturated carbocycles. The molecule has 0 N–H and O–H groups in total. The zero-order valence-electron chi connectivity index (χ0n) is 17.5. The number of carbonyl (C=O) groups is 2. The molecular formula is C23H32N2O3. The van der Waals surface area contributed by atoms with E-state index in [0.717, 1.165) is 18.4 Å². The van der Waals surface area contributed by atoms with E-state index in [2.05, 4.69) is 26.0 Å². The van der Waals surface area contributed by atoms with Gasteiger partial charge in [-0.3, -0.25) is 9.59 Å². The number of amides is 2. The lowest BCUT2D eigenvalue weighted by molar-refractivity contribution is -0.149. The summed E-state index contributed by atoms with van der Waals surface area (Å²) in [6, 6.07) is 6.22. The van der Waals surface area contributed by atoms with Crippen molar-refractivity contribution >= 4 is 17.9 Å². The predicted octanol–water partition coefficient (Wildman–Crippen LogP) is 3.19. The predicted molar refractivity (Wildman–Crippen MR) is 111 cm³/mol. The maximum absolute atomic E-state index is 12.8. The third kappa shape index (κ3) is 5.02. The van der Waals surface area contributed by atoms with Gasteiger partial charge in [-0.2, -0.15) is 0 Å². The Bertz CT molecular complexity index is 740. The molecule has 2 aliphatic rings. The molecule has 5 heteroatoms. The average molecular weight is 385 g/mol. The summed E-state index contributed by atoms with van der Waals surface area (Å²) >= 11 is 0. The number of rotatable bonds is 3. The maximum Gasteiger partial charge on any atom is 0.246 e. The Kier molecular flexibility index (Phi) is 6.55. The van der Waals surface area contributed by atoms with Crippen molar-refractivity contribution in [1.82, 2.24) is 9.80 Å². The summed E-state index contributed by atoms with van der Waals surface area (Å²) in [6.07, 6.45) is 5.20. The van der Waals surface area contributed by atoms with E-state index in [4.69, 9.17) is 4.74 Å². The molecule has 0 spiro atoms. The highest BCUT2D eigenvalue weighted by atomic mass is 16.5. The Balaban J connectivity index is 1.52. The van der Waals surface area contributed by atoms with E-state index in [0.29, 0.717) is 26.2 Å². The molecule has 1 aromatic carbocycles. The molecule has 2 amide bonds. The van der Waals surface area contributed by atoms with Crippen LogP contribution in [0.2, 0.25) is 0 Å². The first-order valence-electron chi connectivity index (χ1n) is 10.3. The fraction of sp³-hybridized carbons (Fsp3) is 0.565. The second-order valence-corrected chi connectivity index (χ2v) is 8.29. The number of aryl methyl sites for hydroxylation is 2. The highest BCUT2D eigenvalue weighted by molar-refractivity contribution is 5.92. The fourth-order valence-corrected chi connectivity index (χ4v) is 4.24. The van der Waals surface area contributed by atoms with Crippen molar-refractivity contribution in [1.29, 1.82) is 0 Å². The molecule has 2 saturated heterocycles. The molecule has 152 valence electrons. The van der Waals surface area contributed by atoms with Crippen LogP contribution in [0, 0.1) is 19.8 Å². The van der Waals surface area contributed by atoms with Gasteiger partial charge in [0.15, 0.2) is 0 Å². The Morgan fingerprint density at radius 3 is 2.29 bits per heavy atom. The standard InChI is InChI=1S/C23H32N2O3/c1-16-5-6-20(17(2)13-16)7-8-22(26)24-11-9-21(10-12-24)23(27)25-14-18(3)28-19(4)15-25/h5-8,13,18-19,21H,9-12,14-15H2,1-4H3. The maximum atomic E-state index is 12.8. The Labute approximate surface area is 168 Å². The van der Waals surface area contributed by atoms with Gasteiger partial charge in [0.2, 0.25) is 11.8 Å². The van der Waals surface area contributed by atoms with Gasteiger partial charge in [-0.05, 0) is 57.7 Å². The number of carbonyl (C=O) groups excluding carboxylic acids is 2. The van der Waals surface area contributed by atoms with Crippen LogP contribution in [-0.2, 0) is 14.3 Å². The van der Waals surface area contributed by atoms with E-state index in [1.54, 1.807) is 6.08 Å². The van der Waals surface area contributed by atoms with Crippen LogP contribution in [0.1, 0.15) is 43.4 Å². The van der Waals surface area contributed by atoms with Crippen molar-refractivity contribution in [3.63, 3.8) is 0 Å². The Morgan fingerprint density at radius 1 is 1.04 bits per heavy atom. The van der Waals surface area contributed by atoms with Gasteiger partial charge in [0.1, 0.15) is 0 Å². The minimum absolute atomic E-state index is 0.0184. The molecule has 3 rings (SSSR count). The topological polar surface area (TPSA) is 49.9 Å². The first-order chi connectivity index (χ1) is 13.3. The lowest BCUT2D eigenvalue weighted by atomic mass is 9.94. The minimum Gasteiger partial charge on any atom is -0.372 e. The largest absolute Gasteiger partial charge is 0.372 e. The molecule has 2 atom stereocenters. The van der Waals surface area contributed by atoms with E-state index < -0.39 is 0 Å². The Hall–Kier alpha value is -2.14. The first-order valence-corrected chi connectivity index (χ1v) is 10.3. The summed E-state index contributed by atoms with van der Waals surface area (Å²) in [5.41, 5.74) is 3.46.